The molecular weight excluding hydrogens is 589 g/mol. The first-order valence-corrected chi connectivity index (χ1v) is 14.1. The van der Waals surface area contributed by atoms with Crippen LogP contribution in [0.4, 0.5) is 15.9 Å². The third-order valence-corrected chi connectivity index (χ3v) is 8.00. The van der Waals surface area contributed by atoms with E-state index in [9.17, 15) is 29.2 Å². The molecule has 1 unspecified atom stereocenters. The van der Waals surface area contributed by atoms with Crippen LogP contribution in [0.1, 0.15) is 27.5 Å². The summed E-state index contributed by atoms with van der Waals surface area (Å²) in [5.74, 6) is -1.94. The Balaban J connectivity index is 1.41. The summed E-state index contributed by atoms with van der Waals surface area (Å²) in [6.07, 6.45) is 1.11. The summed E-state index contributed by atoms with van der Waals surface area (Å²) in [6, 6.07) is 23.9. The Bertz CT molecular complexity index is 1930. The number of halogens is 2. The topological polar surface area (TPSA) is 122 Å². The van der Waals surface area contributed by atoms with Crippen LogP contribution in [0, 0.1) is 15.9 Å². The van der Waals surface area contributed by atoms with Gasteiger partial charge in [0.25, 0.3) is 0 Å². The van der Waals surface area contributed by atoms with Crippen molar-refractivity contribution in [3.8, 4) is 5.69 Å². The number of piperazine rings is 1. The molecule has 1 N–H and O–H groups in total. The monoisotopic (exact) mass is 613 g/mol. The van der Waals surface area contributed by atoms with Crippen LogP contribution in [0.5, 0.6) is 0 Å². The van der Waals surface area contributed by atoms with E-state index in [2.05, 4.69) is 22.0 Å². The highest BCUT2D eigenvalue weighted by Gasteiger charge is 2.31. The van der Waals surface area contributed by atoms with Crippen LogP contribution >= 0.6 is 11.6 Å². The Morgan fingerprint density at radius 3 is 2.20 bits per heavy atom. The van der Waals surface area contributed by atoms with Gasteiger partial charge in [0.1, 0.15) is 11.4 Å². The van der Waals surface area contributed by atoms with E-state index in [-0.39, 0.29) is 22.9 Å². The predicted octanol–water partition coefficient (Wildman–Crippen LogP) is 5.70. The maximum absolute atomic E-state index is 13.7. The lowest BCUT2D eigenvalue weighted by Gasteiger charge is -2.40. The lowest BCUT2D eigenvalue weighted by Crippen LogP contribution is -2.48. The maximum Gasteiger partial charge on any atom is 0.341 e. The second-order valence-corrected chi connectivity index (χ2v) is 10.8. The van der Waals surface area contributed by atoms with E-state index in [1.165, 1.54) is 28.8 Å². The standard InChI is InChI=1S/C32H25ClFN5O5/c33-22-8-6-21(7-9-22)28(20-4-2-1-3-5-20)36-14-16-37(17-15-36)31-27(39(43)44)18-25-29(40)26(32(41)42)19-38(30(25)35-31)24-12-10-23(34)11-13-24/h1-13,18-19,28H,14-17H2,(H,41,42). The molecule has 0 saturated carbocycles. The Morgan fingerprint density at radius 1 is 0.955 bits per heavy atom. The average molecular weight is 614 g/mol. The summed E-state index contributed by atoms with van der Waals surface area (Å²) in [7, 11) is 0. The van der Waals surface area contributed by atoms with E-state index in [1.54, 1.807) is 4.90 Å². The minimum Gasteiger partial charge on any atom is -0.477 e. The Labute approximate surface area is 255 Å². The summed E-state index contributed by atoms with van der Waals surface area (Å²) < 4.78 is 15.0. The number of nitrogens with zero attached hydrogens (tertiary/aromatic N) is 5. The molecule has 222 valence electrons. The van der Waals surface area contributed by atoms with Gasteiger partial charge in [0.2, 0.25) is 11.2 Å². The molecule has 3 heterocycles. The zero-order chi connectivity index (χ0) is 31.0. The number of fused-ring (bicyclic) bond motifs is 1. The molecule has 3 aromatic carbocycles. The maximum atomic E-state index is 13.7. The molecule has 0 aliphatic carbocycles. The minimum atomic E-state index is -1.50. The number of aromatic carboxylic acids is 1. The third kappa shape index (κ3) is 5.50. The van der Waals surface area contributed by atoms with Gasteiger partial charge in [0.15, 0.2) is 5.65 Å². The van der Waals surface area contributed by atoms with Crippen molar-refractivity contribution in [3.63, 3.8) is 0 Å². The molecule has 12 heteroatoms. The zero-order valence-corrected chi connectivity index (χ0v) is 23.9. The Hall–Kier alpha value is -5.13. The molecule has 5 aromatic rings. The summed E-state index contributed by atoms with van der Waals surface area (Å²) in [5, 5.41) is 22.3. The first kappa shape index (κ1) is 29.0. The van der Waals surface area contributed by atoms with E-state index in [0.717, 1.165) is 23.4 Å². The van der Waals surface area contributed by atoms with Crippen molar-refractivity contribution >= 4 is 40.1 Å². The molecule has 44 heavy (non-hydrogen) atoms. The second kappa shape index (κ2) is 11.9. The Morgan fingerprint density at radius 2 is 1.59 bits per heavy atom. The smallest absolute Gasteiger partial charge is 0.341 e. The molecule has 2 aromatic heterocycles. The molecule has 0 radical (unpaired) electrons. The van der Waals surface area contributed by atoms with Crippen LogP contribution in [0.25, 0.3) is 16.7 Å². The molecule has 0 bridgehead atoms. The van der Waals surface area contributed by atoms with Crippen LogP contribution in [-0.4, -0.2) is 56.6 Å². The van der Waals surface area contributed by atoms with Crippen molar-refractivity contribution in [2.24, 2.45) is 0 Å². The molecular formula is C32H25ClFN5O5. The highest BCUT2D eigenvalue weighted by Crippen LogP contribution is 2.34. The number of aromatic nitrogens is 2. The highest BCUT2D eigenvalue weighted by molar-refractivity contribution is 6.30. The van der Waals surface area contributed by atoms with Gasteiger partial charge in [-0.2, -0.15) is 0 Å². The highest BCUT2D eigenvalue weighted by atomic mass is 35.5. The number of hydrogen-bond acceptors (Lipinski definition) is 7. The molecule has 1 aliphatic heterocycles. The number of nitro groups is 1. The SMILES string of the molecule is O=C(O)c1cn(-c2ccc(F)cc2)c2nc(N3CCN(C(c4ccccc4)c4ccc(Cl)cc4)CC3)c([N+](=O)[O-])cc2c1=O. The zero-order valence-electron chi connectivity index (χ0n) is 23.1. The number of benzene rings is 3. The van der Waals surface area contributed by atoms with Crippen molar-refractivity contribution in [3.05, 3.63) is 139 Å². The lowest BCUT2D eigenvalue weighted by molar-refractivity contribution is -0.384. The number of hydrogen-bond donors (Lipinski definition) is 1. The number of carbonyl (C=O) groups is 1. The van der Waals surface area contributed by atoms with Crippen LogP contribution in [0.2, 0.25) is 5.02 Å². The largest absolute Gasteiger partial charge is 0.477 e. The fourth-order valence-corrected chi connectivity index (χ4v) is 5.76. The Kier molecular flexibility index (Phi) is 7.81. The van der Waals surface area contributed by atoms with Gasteiger partial charge in [-0.1, -0.05) is 54.1 Å². The van der Waals surface area contributed by atoms with E-state index in [1.807, 2.05) is 42.5 Å². The fourth-order valence-electron chi connectivity index (χ4n) is 5.63. The quantitative estimate of drug-likeness (QED) is 0.183. The predicted molar refractivity (Wildman–Crippen MR) is 164 cm³/mol. The van der Waals surface area contributed by atoms with Crippen LogP contribution < -0.4 is 10.3 Å². The van der Waals surface area contributed by atoms with Crippen LogP contribution in [0.3, 0.4) is 0 Å². The molecule has 6 rings (SSSR count). The van der Waals surface area contributed by atoms with Crippen molar-refractivity contribution in [2.75, 3.05) is 31.1 Å². The summed E-state index contributed by atoms with van der Waals surface area (Å²) in [4.78, 5) is 45.3. The number of pyridine rings is 2. The van der Waals surface area contributed by atoms with Gasteiger partial charge >= 0.3 is 11.7 Å². The van der Waals surface area contributed by atoms with Gasteiger partial charge in [-0.05, 0) is 47.5 Å². The minimum absolute atomic E-state index is 0.0259. The summed E-state index contributed by atoms with van der Waals surface area (Å²) in [6.45, 7) is 1.87. The first-order valence-electron chi connectivity index (χ1n) is 13.7. The first-order chi connectivity index (χ1) is 21.2. The molecule has 1 aliphatic rings. The van der Waals surface area contributed by atoms with Crippen molar-refractivity contribution in [1.82, 2.24) is 14.5 Å². The molecule has 1 atom stereocenters. The van der Waals surface area contributed by atoms with Crippen LogP contribution in [-0.2, 0) is 0 Å². The van der Waals surface area contributed by atoms with Gasteiger partial charge in [-0.15, -0.1) is 0 Å². The summed E-state index contributed by atoms with van der Waals surface area (Å²) >= 11 is 6.16. The normalized spacial score (nSPS) is 14.5. The van der Waals surface area contributed by atoms with E-state index >= 15 is 0 Å². The van der Waals surface area contributed by atoms with Gasteiger partial charge in [0, 0.05) is 49.2 Å². The number of rotatable bonds is 7. The number of carboxylic acids is 1. The van der Waals surface area contributed by atoms with E-state index in [4.69, 9.17) is 11.6 Å². The van der Waals surface area contributed by atoms with Crippen molar-refractivity contribution in [1.29, 1.82) is 0 Å². The molecule has 0 spiro atoms. The lowest BCUT2D eigenvalue weighted by atomic mass is 9.96. The molecule has 0 amide bonds. The third-order valence-electron chi connectivity index (χ3n) is 7.75. The van der Waals surface area contributed by atoms with Gasteiger partial charge < -0.3 is 14.6 Å². The van der Waals surface area contributed by atoms with Crippen LogP contribution in [0.15, 0.2) is 95.9 Å². The number of carboxylic acid groups (broad SMARTS) is 1. The number of anilines is 1. The fraction of sp³-hybridized carbons (Fsp3) is 0.156. The second-order valence-electron chi connectivity index (χ2n) is 10.4. The molecule has 1 fully saturated rings. The van der Waals surface area contributed by atoms with E-state index in [0.29, 0.717) is 36.9 Å². The van der Waals surface area contributed by atoms with E-state index < -0.39 is 33.4 Å². The van der Waals surface area contributed by atoms with Gasteiger partial charge in [0.05, 0.1) is 16.4 Å². The average Bonchev–Trinajstić information content (AvgIpc) is 3.03. The summed E-state index contributed by atoms with van der Waals surface area (Å²) in [5.41, 5.74) is 0.619. The molecule has 1 saturated heterocycles. The van der Waals surface area contributed by atoms with Gasteiger partial charge in [-0.25, -0.2) is 14.2 Å². The van der Waals surface area contributed by atoms with Gasteiger partial charge in [-0.3, -0.25) is 19.8 Å². The van der Waals surface area contributed by atoms with Crippen molar-refractivity contribution in [2.45, 2.75) is 6.04 Å². The van der Waals surface area contributed by atoms with Crippen molar-refractivity contribution < 1.29 is 19.2 Å². The molecule has 10 nitrogen and oxygen atoms in total.